The molecule has 10 heteroatoms. The molecule has 0 unspecified atom stereocenters. The lowest BCUT2D eigenvalue weighted by atomic mass is 10.1. The van der Waals surface area contributed by atoms with Gasteiger partial charge in [0.25, 0.3) is 0 Å². The van der Waals surface area contributed by atoms with Gasteiger partial charge in [0.05, 0.1) is 17.3 Å². The third kappa shape index (κ3) is 3.40. The zero-order valence-electron chi connectivity index (χ0n) is 10.1. The topological polar surface area (TPSA) is 83.5 Å². The molecule has 21 heavy (non-hydrogen) atoms. The van der Waals surface area contributed by atoms with E-state index < -0.39 is 28.9 Å². The highest BCUT2D eigenvalue weighted by Gasteiger charge is 2.35. The molecule has 0 fully saturated rings. The molecule has 0 aliphatic rings. The number of benzene rings is 1. The maximum Gasteiger partial charge on any atom is 0.419 e. The summed E-state index contributed by atoms with van der Waals surface area (Å²) in [6.45, 7) is 0. The Labute approximate surface area is 119 Å². The molecule has 4 N–H and O–H groups in total. The van der Waals surface area contributed by atoms with Gasteiger partial charge in [0.2, 0.25) is 5.13 Å². The number of nitrogens with two attached hydrogens (primary N) is 1. The van der Waals surface area contributed by atoms with Crippen molar-refractivity contribution in [3.63, 3.8) is 0 Å². The third-order valence-electron chi connectivity index (χ3n) is 2.35. The second kappa shape index (κ2) is 5.56. The van der Waals surface area contributed by atoms with E-state index in [1.54, 1.807) is 0 Å². The summed E-state index contributed by atoms with van der Waals surface area (Å²) in [6, 6.07) is 1.06. The number of phenolic OH excluding ortho intramolecular Hbond substituents is 1. The van der Waals surface area contributed by atoms with Crippen LogP contribution in [0.2, 0.25) is 0 Å². The number of rotatable bonds is 3. The van der Waals surface area contributed by atoms with Crippen LogP contribution in [0.15, 0.2) is 22.6 Å². The SMILES string of the molecule is Nc1csc(NN=Cc2c(F)ccc(C(F)(F)F)c2O)n1. The number of nitrogens with zero attached hydrogens (tertiary/aromatic N) is 2. The van der Waals surface area contributed by atoms with Gasteiger partial charge in [-0.25, -0.2) is 9.37 Å². The van der Waals surface area contributed by atoms with Crippen molar-refractivity contribution in [1.29, 1.82) is 0 Å². The highest BCUT2D eigenvalue weighted by molar-refractivity contribution is 7.14. The largest absolute Gasteiger partial charge is 0.507 e. The summed E-state index contributed by atoms with van der Waals surface area (Å²) < 4.78 is 51.2. The van der Waals surface area contributed by atoms with Crippen molar-refractivity contribution in [2.24, 2.45) is 5.10 Å². The fraction of sp³-hybridized carbons (Fsp3) is 0.0909. The highest BCUT2D eigenvalue weighted by Crippen LogP contribution is 2.37. The summed E-state index contributed by atoms with van der Waals surface area (Å²) in [5.74, 6) is -2.03. The van der Waals surface area contributed by atoms with E-state index in [0.29, 0.717) is 12.1 Å². The summed E-state index contributed by atoms with van der Waals surface area (Å²) >= 11 is 1.10. The van der Waals surface area contributed by atoms with Crippen LogP contribution in [0.4, 0.5) is 28.5 Å². The molecule has 0 aliphatic carbocycles. The van der Waals surface area contributed by atoms with Crippen LogP contribution in [0.25, 0.3) is 0 Å². The number of halogens is 4. The van der Waals surface area contributed by atoms with E-state index in [4.69, 9.17) is 5.73 Å². The molecule has 0 amide bonds. The first-order valence-corrected chi connectivity index (χ1v) is 6.25. The number of nitrogens with one attached hydrogen (secondary N) is 1. The Morgan fingerprint density at radius 3 is 2.67 bits per heavy atom. The van der Waals surface area contributed by atoms with Crippen LogP contribution in [-0.4, -0.2) is 16.3 Å². The molecule has 0 bridgehead atoms. The lowest BCUT2D eigenvalue weighted by Crippen LogP contribution is -2.07. The smallest absolute Gasteiger partial charge is 0.419 e. The normalized spacial score (nSPS) is 12.0. The lowest BCUT2D eigenvalue weighted by Gasteiger charge is -2.10. The maximum atomic E-state index is 13.5. The zero-order chi connectivity index (χ0) is 15.6. The van der Waals surface area contributed by atoms with Crippen LogP contribution in [0.3, 0.4) is 0 Å². The highest BCUT2D eigenvalue weighted by atomic mass is 32.1. The molecule has 0 atom stereocenters. The lowest BCUT2D eigenvalue weighted by molar-refractivity contribution is -0.138. The monoisotopic (exact) mass is 320 g/mol. The van der Waals surface area contributed by atoms with Gasteiger partial charge in [-0.1, -0.05) is 0 Å². The van der Waals surface area contributed by atoms with Crippen molar-refractivity contribution in [1.82, 2.24) is 4.98 Å². The summed E-state index contributed by atoms with van der Waals surface area (Å²) in [7, 11) is 0. The number of aromatic nitrogens is 1. The van der Waals surface area contributed by atoms with E-state index in [-0.39, 0.29) is 10.9 Å². The zero-order valence-corrected chi connectivity index (χ0v) is 11.0. The van der Waals surface area contributed by atoms with Crippen LogP contribution >= 0.6 is 11.3 Å². The second-order valence-corrected chi connectivity index (χ2v) is 4.66. The fourth-order valence-electron chi connectivity index (χ4n) is 1.42. The van der Waals surface area contributed by atoms with E-state index in [1.807, 2.05) is 0 Å². The van der Waals surface area contributed by atoms with Gasteiger partial charge in [0.15, 0.2) is 0 Å². The van der Waals surface area contributed by atoms with Crippen LogP contribution in [0, 0.1) is 5.82 Å². The molecule has 0 spiro atoms. The quantitative estimate of drug-likeness (QED) is 0.461. The first kappa shape index (κ1) is 15.0. The van der Waals surface area contributed by atoms with Gasteiger partial charge in [0, 0.05) is 5.38 Å². The van der Waals surface area contributed by atoms with Gasteiger partial charge >= 0.3 is 6.18 Å². The van der Waals surface area contributed by atoms with Crippen molar-refractivity contribution in [3.05, 3.63) is 34.5 Å². The minimum atomic E-state index is -4.79. The Bertz CT molecular complexity index is 683. The molecule has 112 valence electrons. The molecule has 1 heterocycles. The van der Waals surface area contributed by atoms with Crippen molar-refractivity contribution in [2.45, 2.75) is 6.18 Å². The Kier molecular flexibility index (Phi) is 3.98. The van der Waals surface area contributed by atoms with Gasteiger partial charge in [-0.15, -0.1) is 11.3 Å². The van der Waals surface area contributed by atoms with E-state index in [9.17, 15) is 22.7 Å². The van der Waals surface area contributed by atoms with Gasteiger partial charge in [0.1, 0.15) is 17.4 Å². The van der Waals surface area contributed by atoms with Crippen LogP contribution in [-0.2, 0) is 6.18 Å². The predicted octanol–water partition coefficient (Wildman–Crippen LogP) is 3.03. The summed E-state index contributed by atoms with van der Waals surface area (Å²) in [4.78, 5) is 3.78. The van der Waals surface area contributed by atoms with Crippen molar-refractivity contribution >= 4 is 28.5 Å². The molecule has 5 nitrogen and oxygen atoms in total. The Morgan fingerprint density at radius 1 is 1.38 bits per heavy atom. The van der Waals surface area contributed by atoms with Crippen molar-refractivity contribution in [2.75, 3.05) is 11.2 Å². The predicted molar refractivity (Wildman–Crippen MR) is 70.8 cm³/mol. The third-order valence-corrected chi connectivity index (χ3v) is 3.11. The van der Waals surface area contributed by atoms with E-state index in [2.05, 4.69) is 15.5 Å². The van der Waals surface area contributed by atoms with Crippen LogP contribution in [0.5, 0.6) is 5.75 Å². The summed E-state index contributed by atoms with van der Waals surface area (Å²) in [5, 5.41) is 14.8. The average molecular weight is 320 g/mol. The number of thiazole rings is 1. The standard InChI is InChI=1S/C11H8F4N4OS/c12-7-2-1-6(11(13,14)15)9(20)5(7)3-17-19-10-18-8(16)4-21-10/h1-4,20H,16H2,(H,18,19). The minimum absolute atomic E-state index is 0.241. The van der Waals surface area contributed by atoms with Crippen molar-refractivity contribution in [3.8, 4) is 5.75 Å². The molecule has 1 aromatic carbocycles. The molecule has 1 aromatic heterocycles. The minimum Gasteiger partial charge on any atom is -0.507 e. The number of phenols is 1. The number of hydrazone groups is 1. The van der Waals surface area contributed by atoms with E-state index in [1.165, 1.54) is 5.38 Å². The Balaban J connectivity index is 2.27. The molecule has 0 aliphatic heterocycles. The average Bonchev–Trinajstić information content (AvgIpc) is 2.77. The Hall–Kier alpha value is -2.36. The number of hydrogen-bond donors (Lipinski definition) is 3. The first-order valence-electron chi connectivity index (χ1n) is 5.38. The van der Waals surface area contributed by atoms with E-state index in [0.717, 1.165) is 17.6 Å². The number of hydrogen-bond acceptors (Lipinski definition) is 6. The molecule has 0 saturated carbocycles. The number of alkyl halides is 3. The maximum absolute atomic E-state index is 13.5. The van der Waals surface area contributed by atoms with Gasteiger partial charge < -0.3 is 10.8 Å². The molecule has 0 saturated heterocycles. The fourth-order valence-corrected chi connectivity index (χ4v) is 1.97. The van der Waals surface area contributed by atoms with Crippen LogP contribution in [0.1, 0.15) is 11.1 Å². The molecule has 0 radical (unpaired) electrons. The number of anilines is 2. The molecular weight excluding hydrogens is 312 g/mol. The van der Waals surface area contributed by atoms with Crippen LogP contribution < -0.4 is 11.2 Å². The summed E-state index contributed by atoms with van der Waals surface area (Å²) in [6.07, 6.45) is -4.06. The second-order valence-electron chi connectivity index (χ2n) is 3.80. The first-order chi connectivity index (χ1) is 9.79. The number of aromatic hydroxyl groups is 1. The van der Waals surface area contributed by atoms with E-state index >= 15 is 0 Å². The molecule has 2 aromatic rings. The summed E-state index contributed by atoms with van der Waals surface area (Å²) in [5.41, 5.74) is 5.70. The van der Waals surface area contributed by atoms with Gasteiger partial charge in [-0.05, 0) is 12.1 Å². The van der Waals surface area contributed by atoms with Gasteiger partial charge in [-0.3, -0.25) is 5.43 Å². The molecular formula is C11H8F4N4OS. The molecule has 2 rings (SSSR count). The van der Waals surface area contributed by atoms with Gasteiger partial charge in [-0.2, -0.15) is 18.3 Å². The Morgan fingerprint density at radius 2 is 2.10 bits per heavy atom. The number of nitrogen functional groups attached to an aromatic ring is 1. The van der Waals surface area contributed by atoms with Crippen molar-refractivity contribution < 1.29 is 22.7 Å².